The van der Waals surface area contributed by atoms with Gasteiger partial charge in [-0.15, -0.1) is 0 Å². The number of alkyl halides is 3. The molecule has 1 aliphatic rings. The normalized spacial score (nSPS) is 14.7. The molecule has 1 atom stereocenters. The molecule has 0 amide bonds. The molecule has 4 rings (SSSR count). The molecule has 0 saturated heterocycles. The minimum Gasteiger partial charge on any atom is -0.490 e. The lowest BCUT2D eigenvalue weighted by atomic mass is 9.88. The quantitative estimate of drug-likeness (QED) is 0.413. The van der Waals surface area contributed by atoms with Crippen molar-refractivity contribution in [2.24, 2.45) is 0 Å². The number of nitrogens with zero attached hydrogens (tertiary/aromatic N) is 4. The maximum atomic E-state index is 15.4. The molecule has 35 heavy (non-hydrogen) atoms. The molecule has 0 bridgehead atoms. The molecule has 0 spiro atoms. The lowest BCUT2D eigenvalue weighted by Gasteiger charge is -2.31. The van der Waals surface area contributed by atoms with Gasteiger partial charge in [0.2, 0.25) is 0 Å². The van der Waals surface area contributed by atoms with Crippen molar-refractivity contribution in [1.29, 1.82) is 0 Å². The van der Waals surface area contributed by atoms with E-state index in [0.717, 1.165) is 23.7 Å². The van der Waals surface area contributed by atoms with Gasteiger partial charge >= 0.3 is 6.18 Å². The Bertz CT molecular complexity index is 1280. The number of fused-ring (bicyclic) bond motifs is 1. The van der Waals surface area contributed by atoms with Gasteiger partial charge in [0.25, 0.3) is 0 Å². The van der Waals surface area contributed by atoms with Gasteiger partial charge < -0.3 is 15.4 Å². The zero-order chi connectivity index (χ0) is 25.7. The van der Waals surface area contributed by atoms with Crippen LogP contribution in [-0.2, 0) is 6.18 Å². The number of rotatable bonds is 5. The summed E-state index contributed by atoms with van der Waals surface area (Å²) in [6.45, 7) is 6.01. The van der Waals surface area contributed by atoms with Crippen LogP contribution in [0, 0.1) is 5.82 Å². The molecule has 3 aromatic rings. The fourth-order valence-electron chi connectivity index (χ4n) is 4.15. The number of benzene rings is 1. The average Bonchev–Trinajstić information content (AvgIpc) is 3.16. The molecule has 1 aliphatic heterocycles. The second kappa shape index (κ2) is 9.07. The number of pyridine rings is 1. The minimum atomic E-state index is -4.61. The number of hydrogen-bond donors (Lipinski definition) is 1. The first kappa shape index (κ1) is 24.8. The number of hydrogen-bond acceptors (Lipinski definition) is 5. The summed E-state index contributed by atoms with van der Waals surface area (Å²) in [5, 5.41) is -0.171. The molecular weight excluding hydrogens is 486 g/mol. The number of nitrogen functional groups attached to an aromatic ring is 1. The van der Waals surface area contributed by atoms with Crippen LogP contribution in [0.2, 0.25) is 5.02 Å². The lowest BCUT2D eigenvalue weighted by molar-refractivity contribution is -0.141. The first-order chi connectivity index (χ1) is 16.4. The Morgan fingerprint density at radius 1 is 1.17 bits per heavy atom. The van der Waals surface area contributed by atoms with Gasteiger partial charge in [0.1, 0.15) is 17.8 Å². The molecule has 186 valence electrons. The van der Waals surface area contributed by atoms with Crippen LogP contribution in [0.1, 0.15) is 37.9 Å². The molecule has 1 aromatic carbocycles. The number of ether oxygens (including phenoxy) is 1. The summed E-state index contributed by atoms with van der Waals surface area (Å²) in [6.07, 6.45) is -0.467. The van der Waals surface area contributed by atoms with Crippen molar-refractivity contribution in [3.63, 3.8) is 0 Å². The molecule has 2 N–H and O–H groups in total. The summed E-state index contributed by atoms with van der Waals surface area (Å²) < 4.78 is 62.3. The van der Waals surface area contributed by atoms with Crippen LogP contribution < -0.4 is 15.4 Å². The van der Waals surface area contributed by atoms with Crippen LogP contribution in [0.3, 0.4) is 0 Å². The van der Waals surface area contributed by atoms with Crippen molar-refractivity contribution in [1.82, 2.24) is 14.5 Å². The van der Waals surface area contributed by atoms with Crippen molar-refractivity contribution in [2.75, 3.05) is 24.2 Å². The van der Waals surface area contributed by atoms with Crippen LogP contribution >= 0.6 is 11.6 Å². The standard InChI is InChI=1S/C24H24ClF4N5O/c1-12(2)35-21-16(13(3)15-9-33(4)23-22(30)32-11-34(23)10-15)7-17(25)20(26)19(21)14-5-6-18(31-8-14)24(27,28)29/h5-8,10-13H,9,30H2,1-4H3/t13-/m0/s1. The Hall–Kier alpha value is -3.27. The highest BCUT2D eigenvalue weighted by Gasteiger charge is 2.33. The summed E-state index contributed by atoms with van der Waals surface area (Å²) in [4.78, 5) is 9.58. The Morgan fingerprint density at radius 3 is 2.49 bits per heavy atom. The molecule has 11 heteroatoms. The molecule has 0 radical (unpaired) electrons. The Balaban J connectivity index is 1.87. The Labute approximate surface area is 205 Å². The van der Waals surface area contributed by atoms with Gasteiger partial charge in [-0.1, -0.05) is 24.6 Å². The highest BCUT2D eigenvalue weighted by atomic mass is 35.5. The zero-order valence-corrected chi connectivity index (χ0v) is 20.2. The highest BCUT2D eigenvalue weighted by Crippen LogP contribution is 2.45. The first-order valence-electron chi connectivity index (χ1n) is 10.8. The van der Waals surface area contributed by atoms with E-state index in [-0.39, 0.29) is 33.9 Å². The smallest absolute Gasteiger partial charge is 0.433 e. The van der Waals surface area contributed by atoms with Gasteiger partial charge in [0.05, 0.1) is 16.7 Å². The Morgan fingerprint density at radius 2 is 1.89 bits per heavy atom. The number of likely N-dealkylation sites (N-methyl/N-ethyl adjacent to an activating group) is 1. The van der Waals surface area contributed by atoms with Crippen molar-refractivity contribution in [3.05, 3.63) is 58.4 Å². The topological polar surface area (TPSA) is 69.2 Å². The number of anilines is 2. The number of aromatic nitrogens is 3. The van der Waals surface area contributed by atoms with Gasteiger partial charge in [0, 0.05) is 43.0 Å². The van der Waals surface area contributed by atoms with Gasteiger partial charge in [0.15, 0.2) is 17.5 Å². The summed E-state index contributed by atoms with van der Waals surface area (Å²) >= 11 is 6.28. The summed E-state index contributed by atoms with van der Waals surface area (Å²) in [5.41, 5.74) is 6.52. The average molecular weight is 510 g/mol. The van der Waals surface area contributed by atoms with E-state index >= 15 is 4.39 Å². The third-order valence-electron chi connectivity index (χ3n) is 5.80. The van der Waals surface area contributed by atoms with E-state index in [1.165, 1.54) is 12.1 Å². The van der Waals surface area contributed by atoms with Crippen molar-refractivity contribution < 1.29 is 22.3 Å². The Kier molecular flexibility index (Phi) is 6.44. The molecule has 6 nitrogen and oxygen atoms in total. The maximum Gasteiger partial charge on any atom is 0.433 e. The number of nitrogens with two attached hydrogens (primary N) is 1. The fourth-order valence-corrected chi connectivity index (χ4v) is 4.37. The largest absolute Gasteiger partial charge is 0.490 e. The second-order valence-corrected chi connectivity index (χ2v) is 9.11. The highest BCUT2D eigenvalue weighted by molar-refractivity contribution is 6.31. The van der Waals surface area contributed by atoms with E-state index in [1.54, 1.807) is 24.7 Å². The van der Waals surface area contributed by atoms with E-state index in [4.69, 9.17) is 22.1 Å². The third-order valence-corrected chi connectivity index (χ3v) is 6.08. The van der Waals surface area contributed by atoms with Crippen molar-refractivity contribution in [2.45, 2.75) is 39.0 Å². The summed E-state index contributed by atoms with van der Waals surface area (Å²) in [6, 6.07) is 3.47. The van der Waals surface area contributed by atoms with E-state index in [2.05, 4.69) is 9.97 Å². The molecule has 0 unspecified atom stereocenters. The predicted molar refractivity (Wildman–Crippen MR) is 128 cm³/mol. The molecular formula is C24H24ClF4N5O. The molecule has 2 aromatic heterocycles. The van der Waals surface area contributed by atoms with Crippen LogP contribution in [0.25, 0.3) is 17.3 Å². The van der Waals surface area contributed by atoms with Gasteiger partial charge in [-0.25, -0.2) is 9.37 Å². The van der Waals surface area contributed by atoms with E-state index in [1.807, 2.05) is 25.1 Å². The molecule has 0 aliphatic carbocycles. The monoisotopic (exact) mass is 509 g/mol. The van der Waals surface area contributed by atoms with Gasteiger partial charge in [-0.05, 0) is 31.6 Å². The lowest BCUT2D eigenvalue weighted by Crippen LogP contribution is -2.28. The van der Waals surface area contributed by atoms with E-state index < -0.39 is 17.7 Å². The van der Waals surface area contributed by atoms with E-state index in [9.17, 15) is 13.2 Å². The van der Waals surface area contributed by atoms with Crippen LogP contribution in [0.4, 0.5) is 29.2 Å². The van der Waals surface area contributed by atoms with Crippen LogP contribution in [0.15, 0.2) is 36.3 Å². The fraction of sp³-hybridized carbons (Fsp3) is 0.333. The molecule has 3 heterocycles. The SMILES string of the molecule is CC(C)Oc1c([C@@H](C)C2=Cn3cnc(N)c3N(C)C2)cc(Cl)c(F)c1-c1ccc(C(F)(F)F)nc1. The van der Waals surface area contributed by atoms with Gasteiger partial charge in [-0.2, -0.15) is 13.2 Å². The zero-order valence-electron chi connectivity index (χ0n) is 19.5. The number of halogens is 5. The summed E-state index contributed by atoms with van der Waals surface area (Å²) in [7, 11) is 1.88. The van der Waals surface area contributed by atoms with E-state index in [0.29, 0.717) is 17.9 Å². The maximum absolute atomic E-state index is 15.4. The second-order valence-electron chi connectivity index (χ2n) is 8.70. The number of imidazole rings is 1. The third kappa shape index (κ3) is 4.67. The molecule has 0 fully saturated rings. The summed E-state index contributed by atoms with van der Waals surface area (Å²) in [5.74, 6) is 0.284. The van der Waals surface area contributed by atoms with Crippen molar-refractivity contribution in [3.8, 4) is 16.9 Å². The van der Waals surface area contributed by atoms with Crippen LogP contribution in [0.5, 0.6) is 5.75 Å². The first-order valence-corrected chi connectivity index (χ1v) is 11.2. The minimum absolute atomic E-state index is 0.0356. The predicted octanol–water partition coefficient (Wildman–Crippen LogP) is 6.22. The molecule has 0 saturated carbocycles. The van der Waals surface area contributed by atoms with Crippen molar-refractivity contribution >= 4 is 29.4 Å². The van der Waals surface area contributed by atoms with Gasteiger partial charge in [-0.3, -0.25) is 9.55 Å². The van der Waals surface area contributed by atoms with Crippen LogP contribution in [-0.4, -0.2) is 34.2 Å².